The van der Waals surface area contributed by atoms with Crippen molar-refractivity contribution in [3.8, 4) is 11.5 Å². The number of rotatable bonds is 7. The molecule has 5 heteroatoms. The third kappa shape index (κ3) is 4.90. The summed E-state index contributed by atoms with van der Waals surface area (Å²) in [6, 6.07) is 12.9. The van der Waals surface area contributed by atoms with E-state index in [1.54, 1.807) is 25.1 Å². The Labute approximate surface area is 147 Å². The van der Waals surface area contributed by atoms with Gasteiger partial charge in [0.05, 0.1) is 12.8 Å². The number of nitrogens with one attached hydrogen (secondary N) is 1. The smallest absolute Gasteiger partial charge is 0.265 e. The topological polar surface area (TPSA) is 47.6 Å². The average Bonchev–Trinajstić information content (AvgIpc) is 2.57. The first-order valence-electron chi connectivity index (χ1n) is 7.93. The number of hydrogen-bond acceptors (Lipinski definition) is 3. The largest absolute Gasteiger partial charge is 0.495 e. The Bertz CT molecular complexity index is 686. The summed E-state index contributed by atoms with van der Waals surface area (Å²) in [5.74, 6) is 0.938. The molecule has 0 aliphatic carbocycles. The Balaban J connectivity index is 2.00. The van der Waals surface area contributed by atoms with Gasteiger partial charge in [-0.3, -0.25) is 4.79 Å². The molecule has 0 aliphatic rings. The highest BCUT2D eigenvalue weighted by Gasteiger charge is 2.17. The molecule has 1 amide bonds. The zero-order valence-corrected chi connectivity index (χ0v) is 14.9. The molecule has 1 atom stereocenters. The highest BCUT2D eigenvalue weighted by atomic mass is 35.5. The Morgan fingerprint density at radius 1 is 1.21 bits per heavy atom. The predicted molar refractivity (Wildman–Crippen MR) is 97.2 cm³/mol. The first-order valence-corrected chi connectivity index (χ1v) is 8.31. The summed E-state index contributed by atoms with van der Waals surface area (Å²) >= 11 is 5.97. The number of anilines is 1. The lowest BCUT2D eigenvalue weighted by Gasteiger charge is -2.16. The van der Waals surface area contributed by atoms with E-state index in [9.17, 15) is 4.79 Å². The maximum Gasteiger partial charge on any atom is 0.265 e. The molecular weight excluding hydrogens is 326 g/mol. The second-order valence-corrected chi connectivity index (χ2v) is 5.92. The molecule has 2 rings (SSSR count). The van der Waals surface area contributed by atoms with Crippen molar-refractivity contribution in [1.29, 1.82) is 0 Å². The van der Waals surface area contributed by atoms with Gasteiger partial charge in [0.2, 0.25) is 0 Å². The fourth-order valence-corrected chi connectivity index (χ4v) is 2.47. The number of ether oxygens (including phenoxy) is 2. The first-order chi connectivity index (χ1) is 11.5. The van der Waals surface area contributed by atoms with E-state index in [2.05, 4.69) is 12.2 Å². The van der Waals surface area contributed by atoms with Crippen LogP contribution in [0.3, 0.4) is 0 Å². The maximum absolute atomic E-state index is 12.3. The fourth-order valence-electron chi connectivity index (χ4n) is 2.29. The van der Waals surface area contributed by atoms with Crippen LogP contribution in [0, 0.1) is 0 Å². The van der Waals surface area contributed by atoms with Crippen LogP contribution in [0.25, 0.3) is 0 Å². The number of halogens is 1. The lowest BCUT2D eigenvalue weighted by Crippen LogP contribution is -2.30. The minimum absolute atomic E-state index is 0.270. The predicted octanol–water partition coefficient (Wildman–Crippen LogP) is 4.71. The molecule has 0 spiro atoms. The number of carbonyl (C=O) groups excluding carboxylic acids is 1. The summed E-state index contributed by atoms with van der Waals surface area (Å²) in [7, 11) is 1.54. The number of benzene rings is 2. The quantitative estimate of drug-likeness (QED) is 0.789. The SMILES string of the molecule is CCCc1ccc(OC(C)C(=O)Nc2cc(Cl)ccc2OC)cc1. The molecule has 0 fully saturated rings. The van der Waals surface area contributed by atoms with Crippen molar-refractivity contribution >= 4 is 23.2 Å². The Kier molecular flexibility index (Phi) is 6.50. The van der Waals surface area contributed by atoms with Gasteiger partial charge in [-0.15, -0.1) is 0 Å². The third-order valence-corrected chi connectivity index (χ3v) is 3.80. The van der Waals surface area contributed by atoms with Crippen LogP contribution in [0.2, 0.25) is 5.02 Å². The molecule has 0 radical (unpaired) electrons. The summed E-state index contributed by atoms with van der Waals surface area (Å²) in [6.07, 6.45) is 1.48. The normalized spacial score (nSPS) is 11.7. The van der Waals surface area contributed by atoms with Crippen molar-refractivity contribution in [3.05, 3.63) is 53.1 Å². The minimum Gasteiger partial charge on any atom is -0.495 e. The minimum atomic E-state index is -0.647. The van der Waals surface area contributed by atoms with Crippen LogP contribution in [0.4, 0.5) is 5.69 Å². The molecule has 4 nitrogen and oxygen atoms in total. The molecule has 0 bridgehead atoms. The highest BCUT2D eigenvalue weighted by molar-refractivity contribution is 6.31. The van der Waals surface area contributed by atoms with Crippen LogP contribution in [-0.4, -0.2) is 19.1 Å². The molecule has 128 valence electrons. The molecule has 0 aromatic heterocycles. The Morgan fingerprint density at radius 2 is 1.92 bits per heavy atom. The van der Waals surface area contributed by atoms with E-state index in [0.29, 0.717) is 22.2 Å². The Hall–Kier alpha value is -2.20. The van der Waals surface area contributed by atoms with Crippen LogP contribution in [0.1, 0.15) is 25.8 Å². The molecule has 0 saturated carbocycles. The van der Waals surface area contributed by atoms with Crippen LogP contribution < -0.4 is 14.8 Å². The third-order valence-electron chi connectivity index (χ3n) is 3.56. The van der Waals surface area contributed by atoms with Crippen molar-refractivity contribution in [3.63, 3.8) is 0 Å². The van der Waals surface area contributed by atoms with Gasteiger partial charge in [0.25, 0.3) is 5.91 Å². The first kappa shape index (κ1) is 18.1. The fraction of sp³-hybridized carbons (Fsp3) is 0.316. The molecule has 24 heavy (non-hydrogen) atoms. The molecule has 0 saturated heterocycles. The van der Waals surface area contributed by atoms with E-state index in [4.69, 9.17) is 21.1 Å². The van der Waals surface area contributed by atoms with Gasteiger partial charge >= 0.3 is 0 Å². The summed E-state index contributed by atoms with van der Waals surface area (Å²) in [4.78, 5) is 12.3. The van der Waals surface area contributed by atoms with Crippen molar-refractivity contribution < 1.29 is 14.3 Å². The molecule has 0 aliphatic heterocycles. The second kappa shape index (κ2) is 8.60. The molecule has 2 aromatic rings. The Morgan fingerprint density at radius 3 is 2.54 bits per heavy atom. The van der Waals surface area contributed by atoms with Gasteiger partial charge in [0, 0.05) is 5.02 Å². The van der Waals surface area contributed by atoms with E-state index < -0.39 is 6.10 Å². The van der Waals surface area contributed by atoms with E-state index >= 15 is 0 Å². The molecule has 1 N–H and O–H groups in total. The van der Waals surface area contributed by atoms with Crippen LogP contribution in [0.5, 0.6) is 11.5 Å². The number of hydrogen-bond donors (Lipinski definition) is 1. The standard InChI is InChI=1S/C19H22ClNO3/c1-4-5-14-6-9-16(10-7-14)24-13(2)19(22)21-17-12-15(20)8-11-18(17)23-3/h6-13H,4-5H2,1-3H3,(H,21,22). The number of amides is 1. The lowest BCUT2D eigenvalue weighted by atomic mass is 10.1. The zero-order valence-electron chi connectivity index (χ0n) is 14.1. The second-order valence-electron chi connectivity index (χ2n) is 5.49. The van der Waals surface area contributed by atoms with E-state index in [0.717, 1.165) is 12.8 Å². The monoisotopic (exact) mass is 347 g/mol. The zero-order chi connectivity index (χ0) is 17.5. The van der Waals surface area contributed by atoms with Gasteiger partial charge in [-0.25, -0.2) is 0 Å². The number of carbonyl (C=O) groups is 1. The lowest BCUT2D eigenvalue weighted by molar-refractivity contribution is -0.122. The summed E-state index contributed by atoms with van der Waals surface area (Å²) in [6.45, 7) is 3.84. The molecular formula is C19H22ClNO3. The van der Waals surface area contributed by atoms with Crippen LogP contribution in [0.15, 0.2) is 42.5 Å². The molecule has 1 unspecified atom stereocenters. The maximum atomic E-state index is 12.3. The van der Waals surface area contributed by atoms with Gasteiger partial charge in [-0.05, 0) is 49.2 Å². The van der Waals surface area contributed by atoms with E-state index in [-0.39, 0.29) is 5.91 Å². The van der Waals surface area contributed by atoms with Crippen molar-refractivity contribution in [1.82, 2.24) is 0 Å². The van der Waals surface area contributed by atoms with Crippen LogP contribution >= 0.6 is 11.6 Å². The summed E-state index contributed by atoms with van der Waals surface area (Å²) < 4.78 is 10.9. The number of aryl methyl sites for hydroxylation is 1. The van der Waals surface area contributed by atoms with Gasteiger partial charge in [0.15, 0.2) is 6.10 Å². The van der Waals surface area contributed by atoms with Gasteiger partial charge in [-0.1, -0.05) is 37.1 Å². The van der Waals surface area contributed by atoms with Crippen molar-refractivity contribution in [2.24, 2.45) is 0 Å². The molecule has 2 aromatic carbocycles. The van der Waals surface area contributed by atoms with Crippen LogP contribution in [-0.2, 0) is 11.2 Å². The average molecular weight is 348 g/mol. The van der Waals surface area contributed by atoms with E-state index in [1.165, 1.54) is 12.7 Å². The van der Waals surface area contributed by atoms with Gasteiger partial charge < -0.3 is 14.8 Å². The van der Waals surface area contributed by atoms with Crippen molar-refractivity contribution in [2.45, 2.75) is 32.8 Å². The van der Waals surface area contributed by atoms with Gasteiger partial charge in [-0.2, -0.15) is 0 Å². The van der Waals surface area contributed by atoms with Crippen molar-refractivity contribution in [2.75, 3.05) is 12.4 Å². The summed E-state index contributed by atoms with van der Waals surface area (Å²) in [5, 5.41) is 3.30. The molecule has 0 heterocycles. The van der Waals surface area contributed by atoms with E-state index in [1.807, 2.05) is 24.3 Å². The van der Waals surface area contributed by atoms with Gasteiger partial charge in [0.1, 0.15) is 11.5 Å². The highest BCUT2D eigenvalue weighted by Crippen LogP contribution is 2.28. The number of methoxy groups -OCH3 is 1. The summed E-state index contributed by atoms with van der Waals surface area (Å²) in [5.41, 5.74) is 1.77.